The first-order valence-corrected chi connectivity index (χ1v) is 6.12. The second-order valence-corrected chi connectivity index (χ2v) is 4.32. The molecule has 0 amide bonds. The van der Waals surface area contributed by atoms with Gasteiger partial charge < -0.3 is 14.7 Å². The number of likely N-dealkylation sites (N-methyl/N-ethyl adjacent to an activating group) is 1. The molecule has 0 radical (unpaired) electrons. The highest BCUT2D eigenvalue weighted by atomic mass is 16.5. The van der Waals surface area contributed by atoms with Crippen LogP contribution >= 0.6 is 0 Å². The number of nitrogens with zero attached hydrogens (tertiary/aromatic N) is 2. The van der Waals surface area contributed by atoms with Crippen molar-refractivity contribution in [2.24, 2.45) is 0 Å². The van der Waals surface area contributed by atoms with Crippen molar-refractivity contribution in [2.75, 3.05) is 26.8 Å². The second kappa shape index (κ2) is 7.70. The Morgan fingerprint density at radius 3 is 2.83 bits per heavy atom. The highest BCUT2D eigenvalue weighted by Crippen LogP contribution is 2.16. The van der Waals surface area contributed by atoms with Crippen LogP contribution in [-0.4, -0.2) is 42.9 Å². The minimum Gasteiger partial charge on any atom is -0.492 e. The van der Waals surface area contributed by atoms with Crippen molar-refractivity contribution in [3.63, 3.8) is 0 Å². The monoisotopic (exact) mass is 248 g/mol. The number of aliphatic hydroxyl groups is 1. The van der Waals surface area contributed by atoms with E-state index < -0.39 is 0 Å². The molecule has 4 nitrogen and oxygen atoms in total. The maximum absolute atomic E-state index is 9.00. The van der Waals surface area contributed by atoms with Gasteiger partial charge in [-0.05, 0) is 32.5 Å². The molecule has 0 saturated carbocycles. The predicted octanol–water partition coefficient (Wildman–Crippen LogP) is 1.64. The van der Waals surface area contributed by atoms with Gasteiger partial charge >= 0.3 is 0 Å². The van der Waals surface area contributed by atoms with Crippen LogP contribution < -0.4 is 4.74 Å². The fraction of sp³-hybridized carbons (Fsp3) is 0.500. The van der Waals surface area contributed by atoms with Gasteiger partial charge in [-0.15, -0.1) is 0 Å². The molecule has 1 aromatic carbocycles. The van der Waals surface area contributed by atoms with E-state index >= 15 is 0 Å². The van der Waals surface area contributed by atoms with Crippen molar-refractivity contribution < 1.29 is 9.84 Å². The molecule has 98 valence electrons. The van der Waals surface area contributed by atoms with Gasteiger partial charge in [0.15, 0.2) is 0 Å². The Hall–Kier alpha value is -1.57. The zero-order chi connectivity index (χ0) is 13.4. The summed E-state index contributed by atoms with van der Waals surface area (Å²) < 4.78 is 5.58. The van der Waals surface area contributed by atoms with Crippen LogP contribution in [0.2, 0.25) is 0 Å². The van der Waals surface area contributed by atoms with Crippen LogP contribution in [0, 0.1) is 11.3 Å². The lowest BCUT2D eigenvalue weighted by Crippen LogP contribution is -2.33. The molecular formula is C14H20N2O2. The average molecular weight is 248 g/mol. The van der Waals surface area contributed by atoms with Gasteiger partial charge in [0.25, 0.3) is 0 Å². The fourth-order valence-corrected chi connectivity index (χ4v) is 1.54. The molecular weight excluding hydrogens is 228 g/mol. The number of para-hydroxylation sites is 1. The molecule has 1 atom stereocenters. The first kappa shape index (κ1) is 14.5. The molecule has 1 N–H and O–H groups in total. The Labute approximate surface area is 108 Å². The second-order valence-electron chi connectivity index (χ2n) is 4.32. The van der Waals surface area contributed by atoms with Crippen LogP contribution in [0.25, 0.3) is 0 Å². The number of aliphatic hydroxyl groups excluding tert-OH is 1. The molecule has 0 aliphatic rings. The van der Waals surface area contributed by atoms with Crippen LogP contribution in [0.15, 0.2) is 24.3 Å². The van der Waals surface area contributed by atoms with Gasteiger partial charge in [0.05, 0.1) is 18.8 Å². The zero-order valence-corrected chi connectivity index (χ0v) is 11.0. The van der Waals surface area contributed by atoms with Gasteiger partial charge in [-0.1, -0.05) is 12.1 Å². The number of ether oxygens (including phenoxy) is 1. The Morgan fingerprint density at radius 1 is 1.44 bits per heavy atom. The van der Waals surface area contributed by atoms with Crippen LogP contribution in [0.3, 0.4) is 0 Å². The lowest BCUT2D eigenvalue weighted by atomic mass is 10.2. The highest BCUT2D eigenvalue weighted by Gasteiger charge is 2.07. The average Bonchev–Trinajstić information content (AvgIpc) is 2.42. The highest BCUT2D eigenvalue weighted by molar-refractivity contribution is 5.42. The molecule has 4 heteroatoms. The van der Waals surface area contributed by atoms with Gasteiger partial charge in [0.2, 0.25) is 0 Å². The summed E-state index contributed by atoms with van der Waals surface area (Å²) in [5, 5.41) is 17.9. The van der Waals surface area contributed by atoms with Gasteiger partial charge in [-0.3, -0.25) is 0 Å². The lowest BCUT2D eigenvalue weighted by Gasteiger charge is -2.22. The Kier molecular flexibility index (Phi) is 6.20. The van der Waals surface area contributed by atoms with Crippen molar-refractivity contribution >= 4 is 0 Å². The molecule has 0 saturated heterocycles. The van der Waals surface area contributed by atoms with Gasteiger partial charge in [-0.25, -0.2) is 0 Å². The number of nitriles is 1. The van der Waals surface area contributed by atoms with Crippen LogP contribution in [-0.2, 0) is 0 Å². The van der Waals surface area contributed by atoms with Gasteiger partial charge in [0.1, 0.15) is 11.8 Å². The third-order valence-electron chi connectivity index (χ3n) is 2.94. The molecule has 0 bridgehead atoms. The maximum atomic E-state index is 9.00. The first-order valence-electron chi connectivity index (χ1n) is 6.12. The molecule has 0 aromatic heterocycles. The summed E-state index contributed by atoms with van der Waals surface area (Å²) in [6.07, 6.45) is 0.862. The van der Waals surface area contributed by atoms with Crippen LogP contribution in [0.1, 0.15) is 18.9 Å². The number of hydrogen-bond acceptors (Lipinski definition) is 4. The Balaban J connectivity index is 2.32. The van der Waals surface area contributed by atoms with E-state index in [0.717, 1.165) is 13.0 Å². The standard InChI is InChI=1S/C14H20N2O2/c1-12(11-17)16(2)8-5-9-18-14-7-4-3-6-13(14)10-15/h3-4,6-7,12,17H,5,8-9,11H2,1-2H3. The van der Waals surface area contributed by atoms with Gasteiger partial charge in [0, 0.05) is 12.6 Å². The molecule has 18 heavy (non-hydrogen) atoms. The molecule has 1 rings (SSSR count). The van der Waals surface area contributed by atoms with E-state index in [0.29, 0.717) is 17.9 Å². The predicted molar refractivity (Wildman–Crippen MR) is 70.4 cm³/mol. The van der Waals surface area contributed by atoms with Crippen molar-refractivity contribution in [1.82, 2.24) is 4.90 Å². The molecule has 1 aromatic rings. The number of hydrogen-bond donors (Lipinski definition) is 1. The van der Waals surface area contributed by atoms with Crippen molar-refractivity contribution in [1.29, 1.82) is 5.26 Å². The summed E-state index contributed by atoms with van der Waals surface area (Å²) in [4.78, 5) is 2.08. The molecule has 0 aliphatic carbocycles. The third-order valence-corrected chi connectivity index (χ3v) is 2.94. The quantitative estimate of drug-likeness (QED) is 0.745. The smallest absolute Gasteiger partial charge is 0.137 e. The number of benzene rings is 1. The SMILES string of the molecule is CC(CO)N(C)CCCOc1ccccc1C#N. The summed E-state index contributed by atoms with van der Waals surface area (Å²) in [5.74, 6) is 0.637. The summed E-state index contributed by atoms with van der Waals surface area (Å²) in [7, 11) is 1.98. The molecule has 1 unspecified atom stereocenters. The Bertz CT molecular complexity index is 401. The first-order chi connectivity index (χ1) is 8.69. The third kappa shape index (κ3) is 4.36. The lowest BCUT2D eigenvalue weighted by molar-refractivity contribution is 0.151. The summed E-state index contributed by atoms with van der Waals surface area (Å²) in [6.45, 7) is 3.57. The molecule has 0 heterocycles. The normalized spacial score (nSPS) is 12.2. The van der Waals surface area contributed by atoms with E-state index in [1.54, 1.807) is 12.1 Å². The fourth-order valence-electron chi connectivity index (χ4n) is 1.54. The van der Waals surface area contributed by atoms with E-state index in [-0.39, 0.29) is 12.6 Å². The largest absolute Gasteiger partial charge is 0.492 e. The van der Waals surface area contributed by atoms with Crippen molar-refractivity contribution in [2.45, 2.75) is 19.4 Å². The minimum absolute atomic E-state index is 0.161. The summed E-state index contributed by atoms with van der Waals surface area (Å²) in [5.41, 5.74) is 0.564. The zero-order valence-electron chi connectivity index (χ0n) is 11.0. The van der Waals surface area contributed by atoms with E-state index in [9.17, 15) is 0 Å². The molecule has 0 spiro atoms. The molecule has 0 fully saturated rings. The minimum atomic E-state index is 0.161. The summed E-state index contributed by atoms with van der Waals surface area (Å²) >= 11 is 0. The maximum Gasteiger partial charge on any atom is 0.137 e. The number of rotatable bonds is 7. The van der Waals surface area contributed by atoms with E-state index in [4.69, 9.17) is 15.1 Å². The van der Waals surface area contributed by atoms with Crippen molar-refractivity contribution in [3.8, 4) is 11.8 Å². The van der Waals surface area contributed by atoms with Gasteiger partial charge in [-0.2, -0.15) is 5.26 Å². The van der Waals surface area contributed by atoms with E-state index in [2.05, 4.69) is 11.0 Å². The van der Waals surface area contributed by atoms with Crippen molar-refractivity contribution in [3.05, 3.63) is 29.8 Å². The molecule has 0 aliphatic heterocycles. The van der Waals surface area contributed by atoms with Crippen LogP contribution in [0.4, 0.5) is 0 Å². The Morgan fingerprint density at radius 2 is 2.17 bits per heavy atom. The van der Waals surface area contributed by atoms with E-state index in [1.807, 2.05) is 26.1 Å². The van der Waals surface area contributed by atoms with E-state index in [1.165, 1.54) is 0 Å². The van der Waals surface area contributed by atoms with Crippen LogP contribution in [0.5, 0.6) is 5.75 Å². The summed E-state index contributed by atoms with van der Waals surface area (Å²) in [6, 6.07) is 9.50. The topological polar surface area (TPSA) is 56.5 Å².